The molecule has 0 spiro atoms. The molecule has 0 radical (unpaired) electrons. The zero-order valence-corrected chi connectivity index (χ0v) is 19.5. The van der Waals surface area contributed by atoms with E-state index in [-0.39, 0.29) is 12.3 Å². The average molecular weight is 454 g/mol. The Morgan fingerprint density at radius 2 is 1.97 bits per heavy atom. The van der Waals surface area contributed by atoms with Crippen molar-refractivity contribution in [2.75, 3.05) is 32.2 Å². The van der Waals surface area contributed by atoms with Gasteiger partial charge in [-0.3, -0.25) is 4.79 Å². The molecule has 1 aromatic carbocycles. The Bertz CT molecular complexity index is 1110. The van der Waals surface area contributed by atoms with Crippen molar-refractivity contribution in [2.45, 2.75) is 52.0 Å². The fourth-order valence-corrected chi connectivity index (χ4v) is 4.15. The van der Waals surface area contributed by atoms with Gasteiger partial charge in [-0.25, -0.2) is 4.98 Å². The van der Waals surface area contributed by atoms with Crippen molar-refractivity contribution in [3.8, 4) is 11.5 Å². The zero-order valence-electron chi connectivity index (χ0n) is 19.5. The van der Waals surface area contributed by atoms with Gasteiger partial charge in [-0.2, -0.15) is 4.98 Å². The summed E-state index contributed by atoms with van der Waals surface area (Å²) in [5, 5.41) is 8.04. The fourth-order valence-electron chi connectivity index (χ4n) is 4.15. The molecule has 9 heteroatoms. The Kier molecular flexibility index (Phi) is 7.26. The van der Waals surface area contributed by atoms with Crippen molar-refractivity contribution < 1.29 is 18.8 Å². The molecule has 0 aliphatic carbocycles. The third-order valence-electron chi connectivity index (χ3n) is 5.96. The largest absolute Gasteiger partial charge is 0.497 e. The van der Waals surface area contributed by atoms with E-state index in [9.17, 15) is 4.79 Å². The van der Waals surface area contributed by atoms with Gasteiger partial charge in [0.15, 0.2) is 0 Å². The molecule has 1 aliphatic rings. The lowest BCUT2D eigenvalue weighted by Gasteiger charge is -2.28. The molecule has 1 N–H and O–H groups in total. The molecule has 0 atom stereocenters. The molecule has 3 aromatic rings. The van der Waals surface area contributed by atoms with Crippen LogP contribution in [0.2, 0.25) is 0 Å². The molecule has 176 valence electrons. The predicted molar refractivity (Wildman–Crippen MR) is 125 cm³/mol. The van der Waals surface area contributed by atoms with E-state index < -0.39 is 0 Å². The summed E-state index contributed by atoms with van der Waals surface area (Å²) in [5.74, 6) is 2.80. The second kappa shape index (κ2) is 10.5. The van der Waals surface area contributed by atoms with Crippen LogP contribution in [0, 0.1) is 0 Å². The highest BCUT2D eigenvalue weighted by Crippen LogP contribution is 2.30. The van der Waals surface area contributed by atoms with Crippen LogP contribution >= 0.6 is 0 Å². The lowest BCUT2D eigenvalue weighted by Crippen LogP contribution is -2.31. The molecular weight excluding hydrogens is 422 g/mol. The normalized spacial score (nSPS) is 13.8. The van der Waals surface area contributed by atoms with E-state index in [0.29, 0.717) is 36.0 Å². The monoisotopic (exact) mass is 453 g/mol. The number of amides is 1. The molecule has 1 fully saturated rings. The summed E-state index contributed by atoms with van der Waals surface area (Å²) in [6, 6.07) is 5.51. The van der Waals surface area contributed by atoms with Gasteiger partial charge in [0.1, 0.15) is 28.5 Å². The summed E-state index contributed by atoms with van der Waals surface area (Å²) in [7, 11) is 3.21. The highest BCUT2D eigenvalue weighted by molar-refractivity contribution is 5.88. The number of hydrogen-bond donors (Lipinski definition) is 1. The lowest BCUT2D eigenvalue weighted by atomic mass is 10.1. The number of benzene rings is 1. The summed E-state index contributed by atoms with van der Waals surface area (Å²) < 4.78 is 16.2. The number of piperidine rings is 1. The number of aromatic nitrogens is 3. The Morgan fingerprint density at radius 3 is 2.70 bits per heavy atom. The van der Waals surface area contributed by atoms with Crippen molar-refractivity contribution in [3.05, 3.63) is 35.3 Å². The van der Waals surface area contributed by atoms with Crippen LogP contribution in [0.4, 0.5) is 5.82 Å². The Morgan fingerprint density at radius 1 is 1.15 bits per heavy atom. The Balaban J connectivity index is 1.45. The van der Waals surface area contributed by atoms with E-state index in [1.54, 1.807) is 14.2 Å². The molecule has 1 aliphatic heterocycles. The van der Waals surface area contributed by atoms with Gasteiger partial charge in [0.2, 0.25) is 5.91 Å². The topological polar surface area (TPSA) is 103 Å². The molecule has 0 bridgehead atoms. The minimum Gasteiger partial charge on any atom is -0.497 e. The van der Waals surface area contributed by atoms with Crippen molar-refractivity contribution in [3.63, 3.8) is 0 Å². The first-order valence-electron chi connectivity index (χ1n) is 11.5. The Hall–Kier alpha value is -3.36. The second-order valence-corrected chi connectivity index (χ2v) is 8.13. The van der Waals surface area contributed by atoms with Gasteiger partial charge in [0, 0.05) is 38.0 Å². The number of carbonyl (C=O) groups is 1. The maximum absolute atomic E-state index is 12.6. The number of hydrogen-bond acceptors (Lipinski definition) is 8. The van der Waals surface area contributed by atoms with Crippen LogP contribution in [0.1, 0.15) is 49.7 Å². The first-order valence-corrected chi connectivity index (χ1v) is 11.5. The van der Waals surface area contributed by atoms with Gasteiger partial charge in [0.25, 0.3) is 5.71 Å². The molecule has 9 nitrogen and oxygen atoms in total. The molecule has 33 heavy (non-hydrogen) atoms. The number of ether oxygens (including phenoxy) is 2. The van der Waals surface area contributed by atoms with E-state index in [4.69, 9.17) is 19.0 Å². The highest BCUT2D eigenvalue weighted by atomic mass is 16.5. The van der Waals surface area contributed by atoms with Crippen LogP contribution in [-0.4, -0.2) is 48.3 Å². The maximum Gasteiger partial charge on any atom is 0.263 e. The first kappa shape index (κ1) is 22.8. The van der Waals surface area contributed by atoms with Crippen molar-refractivity contribution in [2.24, 2.45) is 0 Å². The van der Waals surface area contributed by atoms with Crippen LogP contribution < -0.4 is 19.7 Å². The van der Waals surface area contributed by atoms with E-state index in [2.05, 4.69) is 20.4 Å². The van der Waals surface area contributed by atoms with Gasteiger partial charge >= 0.3 is 0 Å². The number of carbonyl (C=O) groups excluding carboxylic acids is 1. The van der Waals surface area contributed by atoms with Gasteiger partial charge in [0.05, 0.1) is 19.9 Å². The Labute approximate surface area is 193 Å². The summed E-state index contributed by atoms with van der Waals surface area (Å²) in [6.07, 6.45) is 4.96. The summed E-state index contributed by atoms with van der Waals surface area (Å²) in [6.45, 7) is 4.32. The number of fused-ring (bicyclic) bond motifs is 1. The quantitative estimate of drug-likeness (QED) is 0.526. The van der Waals surface area contributed by atoms with Gasteiger partial charge in [-0.15, -0.1) is 0 Å². The molecule has 0 unspecified atom stereocenters. The van der Waals surface area contributed by atoms with Crippen LogP contribution in [0.25, 0.3) is 11.1 Å². The number of rotatable bonds is 9. The van der Waals surface area contributed by atoms with E-state index >= 15 is 0 Å². The average Bonchev–Trinajstić information content (AvgIpc) is 3.29. The van der Waals surface area contributed by atoms with Crippen molar-refractivity contribution in [1.82, 2.24) is 20.4 Å². The third kappa shape index (κ3) is 5.18. The minimum atomic E-state index is -0.0880. The minimum absolute atomic E-state index is 0.0880. The van der Waals surface area contributed by atoms with Crippen LogP contribution in [0.3, 0.4) is 0 Å². The number of methoxy groups -OCH3 is 2. The van der Waals surface area contributed by atoms with Crippen LogP contribution in [0.5, 0.6) is 11.5 Å². The van der Waals surface area contributed by atoms with Crippen LogP contribution in [-0.2, 0) is 24.2 Å². The molecule has 1 amide bonds. The van der Waals surface area contributed by atoms with Crippen LogP contribution in [0.15, 0.2) is 22.7 Å². The summed E-state index contributed by atoms with van der Waals surface area (Å²) in [4.78, 5) is 24.3. The number of nitrogens with one attached hydrogen (secondary N) is 1. The third-order valence-corrected chi connectivity index (χ3v) is 5.96. The molecule has 0 saturated carbocycles. The lowest BCUT2D eigenvalue weighted by molar-refractivity contribution is -0.121. The molecule has 2 aromatic heterocycles. The fraction of sp³-hybridized carbons (Fsp3) is 0.500. The van der Waals surface area contributed by atoms with Gasteiger partial charge in [-0.05, 0) is 43.9 Å². The molecule has 3 heterocycles. The number of anilines is 1. The van der Waals surface area contributed by atoms with E-state index in [1.807, 2.05) is 25.1 Å². The van der Waals surface area contributed by atoms with Gasteiger partial charge in [-0.1, -0.05) is 12.1 Å². The molecule has 1 saturated heterocycles. The van der Waals surface area contributed by atoms with E-state index in [1.165, 1.54) is 6.42 Å². The predicted octanol–water partition coefficient (Wildman–Crippen LogP) is 3.44. The standard InChI is InChI=1S/C24H31N5O4/c1-4-18-22-23(29-12-6-5-7-13-29)26-20(27-24(22)33-28-18)10-11-21(30)25-15-16-14-17(31-2)8-9-19(16)32-3/h8-9,14H,4-7,10-13,15H2,1-3H3,(H,25,30). The smallest absolute Gasteiger partial charge is 0.263 e. The zero-order chi connectivity index (χ0) is 23.2. The first-order chi connectivity index (χ1) is 16.1. The summed E-state index contributed by atoms with van der Waals surface area (Å²) >= 11 is 0. The molecule has 4 rings (SSSR count). The van der Waals surface area contributed by atoms with Gasteiger partial charge < -0.3 is 24.2 Å². The van der Waals surface area contributed by atoms with Crippen molar-refractivity contribution >= 4 is 22.8 Å². The summed E-state index contributed by atoms with van der Waals surface area (Å²) in [5.41, 5.74) is 2.23. The highest BCUT2D eigenvalue weighted by Gasteiger charge is 2.22. The number of nitrogens with zero attached hydrogens (tertiary/aromatic N) is 4. The van der Waals surface area contributed by atoms with E-state index in [0.717, 1.165) is 54.8 Å². The SMILES string of the molecule is CCc1noc2nc(CCC(=O)NCc3cc(OC)ccc3OC)nc(N3CCCCC3)c12. The number of aryl methyl sites for hydroxylation is 2. The molecular formula is C24H31N5O4. The van der Waals surface area contributed by atoms with Crippen molar-refractivity contribution in [1.29, 1.82) is 0 Å². The second-order valence-electron chi connectivity index (χ2n) is 8.13. The maximum atomic E-state index is 12.6.